The van der Waals surface area contributed by atoms with E-state index in [4.69, 9.17) is 9.15 Å². The lowest BCUT2D eigenvalue weighted by Gasteiger charge is -2.03. The van der Waals surface area contributed by atoms with E-state index in [1.165, 1.54) is 0 Å². The van der Waals surface area contributed by atoms with Crippen LogP contribution < -0.4 is 0 Å². The second-order valence-electron chi connectivity index (χ2n) is 4.32. The lowest BCUT2D eigenvalue weighted by molar-refractivity contribution is 0.185. The number of pyridine rings is 2. The predicted octanol–water partition coefficient (Wildman–Crippen LogP) is 2.74. The number of oxazole rings is 1. The average Bonchev–Trinajstić information content (AvgIpc) is 2.82. The van der Waals surface area contributed by atoms with Crippen LogP contribution in [0.5, 0.6) is 0 Å². The van der Waals surface area contributed by atoms with Gasteiger partial charge >= 0.3 is 0 Å². The van der Waals surface area contributed by atoms with Crippen LogP contribution in [0.15, 0.2) is 35.1 Å². The van der Waals surface area contributed by atoms with Crippen LogP contribution in [0, 0.1) is 6.92 Å². The first-order valence-electron chi connectivity index (χ1n) is 5.93. The molecule has 0 atom stereocenters. The van der Waals surface area contributed by atoms with E-state index in [1.807, 2.05) is 19.1 Å². The maximum Gasteiger partial charge on any atom is 0.247 e. The number of rotatable bonds is 3. The van der Waals surface area contributed by atoms with Crippen LogP contribution in [0.25, 0.3) is 22.7 Å². The van der Waals surface area contributed by atoms with Gasteiger partial charge in [-0.2, -0.15) is 0 Å². The number of methoxy groups -OCH3 is 1. The van der Waals surface area contributed by atoms with Crippen molar-refractivity contribution < 1.29 is 9.15 Å². The summed E-state index contributed by atoms with van der Waals surface area (Å²) in [6.07, 6.45) is 5.23. The van der Waals surface area contributed by atoms with Gasteiger partial charge in [-0.3, -0.25) is 4.98 Å². The topological polar surface area (TPSA) is 61.0 Å². The molecule has 0 unspecified atom stereocenters. The molecule has 3 rings (SSSR count). The van der Waals surface area contributed by atoms with E-state index in [0.717, 1.165) is 22.2 Å². The fourth-order valence-corrected chi connectivity index (χ4v) is 1.95. The summed E-state index contributed by atoms with van der Waals surface area (Å²) in [6.45, 7) is 2.44. The molecule has 0 N–H and O–H groups in total. The van der Waals surface area contributed by atoms with E-state index >= 15 is 0 Å². The molecule has 0 aliphatic carbocycles. The number of aryl methyl sites for hydroxylation is 1. The molecule has 3 aromatic rings. The number of hydrogen-bond donors (Lipinski definition) is 0. The summed E-state index contributed by atoms with van der Waals surface area (Å²) in [5, 5.41) is 0. The van der Waals surface area contributed by atoms with Crippen molar-refractivity contribution in [3.8, 4) is 11.5 Å². The fourth-order valence-electron chi connectivity index (χ4n) is 1.95. The molecule has 0 saturated carbocycles. The Balaban J connectivity index is 2.13. The second-order valence-corrected chi connectivity index (χ2v) is 4.32. The Morgan fingerprint density at radius 1 is 1.32 bits per heavy atom. The Kier molecular flexibility index (Phi) is 2.97. The Morgan fingerprint density at radius 2 is 2.21 bits per heavy atom. The molecule has 0 amide bonds. The molecule has 0 spiro atoms. The van der Waals surface area contributed by atoms with Crippen molar-refractivity contribution in [1.29, 1.82) is 0 Å². The minimum Gasteiger partial charge on any atom is -0.418 e. The molecule has 0 aromatic carbocycles. The van der Waals surface area contributed by atoms with E-state index in [2.05, 4.69) is 15.0 Å². The summed E-state index contributed by atoms with van der Waals surface area (Å²) in [7, 11) is 1.65. The largest absolute Gasteiger partial charge is 0.418 e. The molecule has 19 heavy (non-hydrogen) atoms. The van der Waals surface area contributed by atoms with Crippen LogP contribution in [0.4, 0.5) is 0 Å². The summed E-state index contributed by atoms with van der Waals surface area (Å²) in [4.78, 5) is 12.8. The molecule has 3 heterocycles. The first-order valence-corrected chi connectivity index (χ1v) is 5.93. The Labute approximate surface area is 110 Å². The van der Waals surface area contributed by atoms with Crippen molar-refractivity contribution in [2.24, 2.45) is 0 Å². The smallest absolute Gasteiger partial charge is 0.247 e. The van der Waals surface area contributed by atoms with Crippen molar-refractivity contribution in [1.82, 2.24) is 15.0 Å². The molecule has 96 valence electrons. The molecule has 0 saturated heterocycles. The van der Waals surface area contributed by atoms with Crippen molar-refractivity contribution in [2.45, 2.75) is 13.5 Å². The van der Waals surface area contributed by atoms with Gasteiger partial charge in [0.25, 0.3) is 0 Å². The van der Waals surface area contributed by atoms with Gasteiger partial charge in [-0.05, 0) is 24.6 Å². The normalized spacial score (nSPS) is 11.1. The third kappa shape index (κ3) is 2.20. The Morgan fingerprint density at radius 3 is 3.05 bits per heavy atom. The van der Waals surface area contributed by atoms with Crippen molar-refractivity contribution in [2.75, 3.05) is 7.11 Å². The summed E-state index contributed by atoms with van der Waals surface area (Å²) in [5.74, 6) is 0.544. The molecule has 0 aliphatic rings. The van der Waals surface area contributed by atoms with Gasteiger partial charge in [-0.1, -0.05) is 0 Å². The Hall–Kier alpha value is -2.27. The van der Waals surface area contributed by atoms with E-state index < -0.39 is 0 Å². The number of hydrogen-bond acceptors (Lipinski definition) is 5. The van der Waals surface area contributed by atoms with Gasteiger partial charge in [0.05, 0.1) is 6.61 Å². The summed E-state index contributed by atoms with van der Waals surface area (Å²) in [5.41, 5.74) is 4.18. The van der Waals surface area contributed by atoms with Crippen LogP contribution in [0.1, 0.15) is 11.1 Å². The summed E-state index contributed by atoms with van der Waals surface area (Å²) >= 11 is 0. The van der Waals surface area contributed by atoms with Crippen LogP contribution in [-0.4, -0.2) is 22.1 Å². The Bertz CT molecular complexity index is 722. The van der Waals surface area contributed by atoms with E-state index in [9.17, 15) is 0 Å². The van der Waals surface area contributed by atoms with Crippen molar-refractivity contribution >= 4 is 11.2 Å². The highest BCUT2D eigenvalue weighted by molar-refractivity contribution is 5.73. The van der Waals surface area contributed by atoms with Crippen LogP contribution >= 0.6 is 0 Å². The molecular formula is C14H13N3O2. The number of aromatic nitrogens is 3. The van der Waals surface area contributed by atoms with Gasteiger partial charge in [0.1, 0.15) is 5.52 Å². The minimum absolute atomic E-state index is 0.467. The van der Waals surface area contributed by atoms with Gasteiger partial charge in [0, 0.05) is 36.8 Å². The molecule has 3 aromatic heterocycles. The zero-order valence-electron chi connectivity index (χ0n) is 10.8. The number of ether oxygens (including phenoxy) is 1. The summed E-state index contributed by atoms with van der Waals surface area (Å²) in [6, 6.07) is 3.82. The quantitative estimate of drug-likeness (QED) is 0.720. The molecule has 0 radical (unpaired) electrons. The lowest BCUT2D eigenvalue weighted by Crippen LogP contribution is -1.93. The monoisotopic (exact) mass is 255 g/mol. The number of nitrogens with zero attached hydrogens (tertiary/aromatic N) is 3. The van der Waals surface area contributed by atoms with Gasteiger partial charge < -0.3 is 9.15 Å². The van der Waals surface area contributed by atoms with Gasteiger partial charge in [-0.25, -0.2) is 9.97 Å². The van der Waals surface area contributed by atoms with Gasteiger partial charge in [-0.15, -0.1) is 0 Å². The lowest BCUT2D eigenvalue weighted by atomic mass is 10.1. The first-order chi connectivity index (χ1) is 9.28. The second kappa shape index (κ2) is 4.78. The first kappa shape index (κ1) is 11.8. The van der Waals surface area contributed by atoms with E-state index in [-0.39, 0.29) is 0 Å². The highest BCUT2D eigenvalue weighted by Gasteiger charge is 2.13. The predicted molar refractivity (Wildman–Crippen MR) is 70.5 cm³/mol. The molecule has 0 fully saturated rings. The summed E-state index contributed by atoms with van der Waals surface area (Å²) < 4.78 is 10.8. The average molecular weight is 255 g/mol. The zero-order chi connectivity index (χ0) is 13.2. The highest BCUT2D eigenvalue weighted by atomic mass is 16.5. The van der Waals surface area contributed by atoms with E-state index in [1.54, 1.807) is 25.7 Å². The van der Waals surface area contributed by atoms with Crippen LogP contribution in [-0.2, 0) is 11.3 Å². The third-order valence-electron chi connectivity index (χ3n) is 2.82. The molecule has 5 heteroatoms. The maximum atomic E-state index is 5.69. The standard InChI is InChI=1S/C14H13N3O2/c1-9-5-12-14(16-6-9)19-13(17-12)11-3-4-15-7-10(11)8-18-2/h3-7H,8H2,1-2H3. The van der Waals surface area contributed by atoms with E-state index in [0.29, 0.717) is 18.2 Å². The van der Waals surface area contributed by atoms with Crippen LogP contribution in [0.2, 0.25) is 0 Å². The molecular weight excluding hydrogens is 242 g/mol. The van der Waals surface area contributed by atoms with Crippen molar-refractivity contribution in [3.05, 3.63) is 41.9 Å². The zero-order valence-corrected chi connectivity index (χ0v) is 10.8. The minimum atomic E-state index is 0.467. The molecule has 5 nitrogen and oxygen atoms in total. The van der Waals surface area contributed by atoms with Gasteiger partial charge in [0.15, 0.2) is 0 Å². The molecule has 0 bridgehead atoms. The van der Waals surface area contributed by atoms with Crippen LogP contribution in [0.3, 0.4) is 0 Å². The maximum absolute atomic E-state index is 5.69. The van der Waals surface area contributed by atoms with Gasteiger partial charge in [0.2, 0.25) is 11.6 Å². The highest BCUT2D eigenvalue weighted by Crippen LogP contribution is 2.26. The third-order valence-corrected chi connectivity index (χ3v) is 2.82. The SMILES string of the molecule is COCc1cnccc1-c1nc2cc(C)cnc2o1. The molecule has 0 aliphatic heterocycles. The van der Waals surface area contributed by atoms with Crippen molar-refractivity contribution in [3.63, 3.8) is 0 Å². The number of fused-ring (bicyclic) bond motifs is 1. The fraction of sp³-hybridized carbons (Fsp3) is 0.214.